The number of unbranched alkanes of at least 4 members (excludes halogenated alkanes) is 5. The molecule has 1 atom stereocenters. The van der Waals surface area contributed by atoms with Gasteiger partial charge in [-0.1, -0.05) is 83.2 Å². The standard InChI is InChI=1S/C19H33N/c1-4-5-6-7-8-12-15-20-16-19(17(2)3)18-13-10-9-11-14-18/h9-11,13-14,17,19-20H,4-8,12,15-16H2,1-3H3. The molecule has 0 aliphatic heterocycles. The molecule has 0 aromatic heterocycles. The van der Waals surface area contributed by atoms with Crippen molar-refractivity contribution in [1.29, 1.82) is 0 Å². The molecule has 114 valence electrons. The Hall–Kier alpha value is -0.820. The molecule has 0 fully saturated rings. The topological polar surface area (TPSA) is 12.0 Å². The monoisotopic (exact) mass is 275 g/mol. The Morgan fingerprint density at radius 3 is 2.20 bits per heavy atom. The lowest BCUT2D eigenvalue weighted by Crippen LogP contribution is -2.25. The van der Waals surface area contributed by atoms with Crippen LogP contribution in [0.5, 0.6) is 0 Å². The van der Waals surface area contributed by atoms with Crippen molar-refractivity contribution in [3.8, 4) is 0 Å². The first kappa shape index (κ1) is 17.2. The zero-order chi connectivity index (χ0) is 14.6. The Morgan fingerprint density at radius 2 is 1.55 bits per heavy atom. The second kappa shape index (κ2) is 10.9. The third kappa shape index (κ3) is 7.09. The van der Waals surface area contributed by atoms with Crippen molar-refractivity contribution >= 4 is 0 Å². The number of rotatable bonds is 11. The van der Waals surface area contributed by atoms with Crippen LogP contribution in [0.3, 0.4) is 0 Å². The summed E-state index contributed by atoms with van der Waals surface area (Å²) in [5, 5.41) is 3.66. The van der Waals surface area contributed by atoms with E-state index in [0.717, 1.165) is 6.54 Å². The molecule has 20 heavy (non-hydrogen) atoms. The molecule has 1 N–H and O–H groups in total. The van der Waals surface area contributed by atoms with Gasteiger partial charge in [-0.15, -0.1) is 0 Å². The molecule has 1 aromatic carbocycles. The van der Waals surface area contributed by atoms with Crippen molar-refractivity contribution in [1.82, 2.24) is 5.32 Å². The van der Waals surface area contributed by atoms with E-state index in [1.165, 1.54) is 50.6 Å². The number of hydrogen-bond donors (Lipinski definition) is 1. The second-order valence-corrected chi connectivity index (χ2v) is 6.23. The van der Waals surface area contributed by atoms with Gasteiger partial charge in [-0.25, -0.2) is 0 Å². The van der Waals surface area contributed by atoms with E-state index in [1.807, 2.05) is 0 Å². The highest BCUT2D eigenvalue weighted by Gasteiger charge is 2.14. The molecular weight excluding hydrogens is 242 g/mol. The van der Waals surface area contributed by atoms with Crippen molar-refractivity contribution < 1.29 is 0 Å². The first-order chi connectivity index (χ1) is 9.75. The molecule has 1 nitrogen and oxygen atoms in total. The second-order valence-electron chi connectivity index (χ2n) is 6.23. The number of hydrogen-bond acceptors (Lipinski definition) is 1. The van der Waals surface area contributed by atoms with Gasteiger partial charge < -0.3 is 5.32 Å². The summed E-state index contributed by atoms with van der Waals surface area (Å²) < 4.78 is 0. The number of nitrogens with one attached hydrogen (secondary N) is 1. The van der Waals surface area contributed by atoms with Crippen LogP contribution in [0.1, 0.15) is 70.8 Å². The summed E-state index contributed by atoms with van der Waals surface area (Å²) >= 11 is 0. The third-order valence-corrected chi connectivity index (χ3v) is 4.10. The van der Waals surface area contributed by atoms with Gasteiger partial charge in [0, 0.05) is 6.54 Å². The predicted octanol–water partition coefficient (Wildman–Crippen LogP) is 5.38. The molecule has 1 unspecified atom stereocenters. The van der Waals surface area contributed by atoms with Gasteiger partial charge in [0.15, 0.2) is 0 Å². The third-order valence-electron chi connectivity index (χ3n) is 4.10. The molecule has 0 saturated heterocycles. The Labute approximate surface area is 126 Å². The van der Waals surface area contributed by atoms with Crippen molar-refractivity contribution in [3.05, 3.63) is 35.9 Å². The van der Waals surface area contributed by atoms with Crippen LogP contribution in [0.25, 0.3) is 0 Å². The van der Waals surface area contributed by atoms with Crippen LogP contribution in [0.4, 0.5) is 0 Å². The molecular formula is C19H33N. The van der Waals surface area contributed by atoms with Crippen molar-refractivity contribution in [2.24, 2.45) is 5.92 Å². The van der Waals surface area contributed by atoms with Crippen LogP contribution in [-0.4, -0.2) is 13.1 Å². The minimum atomic E-state index is 0.635. The van der Waals surface area contributed by atoms with Crippen molar-refractivity contribution in [2.75, 3.05) is 13.1 Å². The highest BCUT2D eigenvalue weighted by atomic mass is 14.9. The molecule has 0 aliphatic rings. The summed E-state index contributed by atoms with van der Waals surface area (Å²) in [6, 6.07) is 10.9. The molecule has 0 saturated carbocycles. The highest BCUT2D eigenvalue weighted by Crippen LogP contribution is 2.23. The van der Waals surface area contributed by atoms with Crippen LogP contribution in [0.15, 0.2) is 30.3 Å². The van der Waals surface area contributed by atoms with Gasteiger partial charge in [0.2, 0.25) is 0 Å². The summed E-state index contributed by atoms with van der Waals surface area (Å²) in [6.07, 6.45) is 8.26. The quantitative estimate of drug-likeness (QED) is 0.535. The van der Waals surface area contributed by atoms with E-state index < -0.39 is 0 Å². The zero-order valence-electron chi connectivity index (χ0n) is 13.7. The van der Waals surface area contributed by atoms with Gasteiger partial charge in [-0.05, 0) is 30.4 Å². The van der Waals surface area contributed by atoms with Gasteiger partial charge in [0.1, 0.15) is 0 Å². The van der Waals surface area contributed by atoms with Crippen LogP contribution >= 0.6 is 0 Å². The highest BCUT2D eigenvalue weighted by molar-refractivity contribution is 5.20. The first-order valence-electron chi connectivity index (χ1n) is 8.51. The van der Waals surface area contributed by atoms with Crippen molar-refractivity contribution in [2.45, 2.75) is 65.2 Å². The zero-order valence-corrected chi connectivity index (χ0v) is 13.7. The lowest BCUT2D eigenvalue weighted by atomic mass is 9.88. The Balaban J connectivity index is 2.18. The first-order valence-corrected chi connectivity index (χ1v) is 8.51. The number of benzene rings is 1. The molecule has 0 amide bonds. The summed E-state index contributed by atoms with van der Waals surface area (Å²) in [4.78, 5) is 0. The molecule has 0 spiro atoms. The maximum Gasteiger partial charge on any atom is 0.00226 e. The van der Waals surface area contributed by atoms with E-state index in [0.29, 0.717) is 11.8 Å². The van der Waals surface area contributed by atoms with Crippen molar-refractivity contribution in [3.63, 3.8) is 0 Å². The van der Waals surface area contributed by atoms with E-state index in [9.17, 15) is 0 Å². The normalized spacial score (nSPS) is 12.8. The lowest BCUT2D eigenvalue weighted by Gasteiger charge is -2.22. The summed E-state index contributed by atoms with van der Waals surface area (Å²) in [6.45, 7) is 9.20. The molecule has 1 rings (SSSR count). The minimum absolute atomic E-state index is 0.635. The maximum atomic E-state index is 3.66. The molecule has 0 radical (unpaired) electrons. The van der Waals surface area contributed by atoms with Gasteiger partial charge in [-0.3, -0.25) is 0 Å². The Bertz CT molecular complexity index is 318. The largest absolute Gasteiger partial charge is 0.316 e. The summed E-state index contributed by atoms with van der Waals surface area (Å²) in [7, 11) is 0. The fraction of sp³-hybridized carbons (Fsp3) is 0.684. The van der Waals surface area contributed by atoms with Gasteiger partial charge in [0.25, 0.3) is 0 Å². The lowest BCUT2D eigenvalue weighted by molar-refractivity contribution is 0.455. The van der Waals surface area contributed by atoms with Gasteiger partial charge >= 0.3 is 0 Å². The fourth-order valence-corrected chi connectivity index (χ4v) is 2.73. The molecule has 0 heterocycles. The van der Waals surface area contributed by atoms with E-state index in [1.54, 1.807) is 0 Å². The van der Waals surface area contributed by atoms with E-state index in [2.05, 4.69) is 56.4 Å². The predicted molar refractivity (Wildman–Crippen MR) is 90.3 cm³/mol. The molecule has 0 bridgehead atoms. The summed E-state index contributed by atoms with van der Waals surface area (Å²) in [5.41, 5.74) is 1.47. The molecule has 1 heteroatoms. The van der Waals surface area contributed by atoms with Crippen LogP contribution < -0.4 is 5.32 Å². The van der Waals surface area contributed by atoms with Crippen LogP contribution in [-0.2, 0) is 0 Å². The smallest absolute Gasteiger partial charge is 0.00226 e. The van der Waals surface area contributed by atoms with Gasteiger partial charge in [-0.2, -0.15) is 0 Å². The maximum absolute atomic E-state index is 3.66. The fourth-order valence-electron chi connectivity index (χ4n) is 2.73. The minimum Gasteiger partial charge on any atom is -0.316 e. The van der Waals surface area contributed by atoms with Crippen LogP contribution in [0, 0.1) is 5.92 Å². The molecule has 1 aromatic rings. The SMILES string of the molecule is CCCCCCCCNCC(c1ccccc1)C(C)C. The van der Waals surface area contributed by atoms with Crippen LogP contribution in [0.2, 0.25) is 0 Å². The van der Waals surface area contributed by atoms with E-state index >= 15 is 0 Å². The van der Waals surface area contributed by atoms with E-state index in [-0.39, 0.29) is 0 Å². The van der Waals surface area contributed by atoms with E-state index in [4.69, 9.17) is 0 Å². The van der Waals surface area contributed by atoms with Gasteiger partial charge in [0.05, 0.1) is 0 Å². The average Bonchev–Trinajstić information content (AvgIpc) is 2.46. The summed E-state index contributed by atoms with van der Waals surface area (Å²) in [5.74, 6) is 1.32. The molecule has 0 aliphatic carbocycles. The average molecular weight is 275 g/mol. The Morgan fingerprint density at radius 1 is 0.900 bits per heavy atom. The Kier molecular flexibility index (Phi) is 9.40.